The van der Waals surface area contributed by atoms with E-state index in [1.54, 1.807) is 0 Å². The molecular weight excluding hydrogens is 110 g/mol. The largest absolute Gasteiger partial charge is 0.302 e. The van der Waals surface area contributed by atoms with E-state index in [-0.39, 0.29) is 0 Å². The molecule has 0 bridgehead atoms. The molecule has 0 aromatic carbocycles. The Kier molecular flexibility index (Phi) is 2.12. The van der Waals surface area contributed by atoms with Crippen LogP contribution in [0.25, 0.3) is 0 Å². The molecule has 9 heavy (non-hydrogen) atoms. The second-order valence-electron chi connectivity index (χ2n) is 3.48. The maximum atomic E-state index is 3.93. The fraction of sp³-hybridized carbons (Fsp3) is 0.875. The highest BCUT2D eigenvalue weighted by atomic mass is 15.1. The van der Waals surface area contributed by atoms with Crippen LogP contribution in [0.15, 0.2) is 0 Å². The lowest BCUT2D eigenvalue weighted by molar-refractivity contribution is 0.189. The van der Waals surface area contributed by atoms with Crippen molar-refractivity contribution in [2.75, 3.05) is 13.1 Å². The minimum absolute atomic E-state index is 0.853. The van der Waals surface area contributed by atoms with E-state index in [4.69, 9.17) is 0 Å². The van der Waals surface area contributed by atoms with Gasteiger partial charge < -0.3 is 4.90 Å². The first-order valence-corrected chi connectivity index (χ1v) is 3.74. The van der Waals surface area contributed by atoms with E-state index in [1.165, 1.54) is 19.5 Å². The smallest absolute Gasteiger partial charge is 0.0110 e. The molecule has 2 atom stereocenters. The lowest BCUT2D eigenvalue weighted by Crippen LogP contribution is -2.34. The summed E-state index contributed by atoms with van der Waals surface area (Å²) in [4.78, 5) is 2.18. The van der Waals surface area contributed by atoms with Gasteiger partial charge in [0.15, 0.2) is 0 Å². The standard InChI is InChI=1S/C8H16N/c1-7-4-8(2)6-9(3)5-7/h7-8H,3-6H2,1-2H3. The van der Waals surface area contributed by atoms with Gasteiger partial charge >= 0.3 is 0 Å². The summed E-state index contributed by atoms with van der Waals surface area (Å²) in [5.74, 6) is 1.71. The average Bonchev–Trinajstić information content (AvgIpc) is 1.59. The van der Waals surface area contributed by atoms with E-state index >= 15 is 0 Å². The lowest BCUT2D eigenvalue weighted by atomic mass is 9.92. The summed E-state index contributed by atoms with van der Waals surface area (Å²) >= 11 is 0. The third kappa shape index (κ3) is 1.98. The Morgan fingerprint density at radius 2 is 1.67 bits per heavy atom. The molecule has 1 heterocycles. The highest BCUT2D eigenvalue weighted by Gasteiger charge is 2.18. The third-order valence-corrected chi connectivity index (χ3v) is 1.94. The Morgan fingerprint density at radius 3 is 2.00 bits per heavy atom. The van der Waals surface area contributed by atoms with Crippen molar-refractivity contribution in [2.24, 2.45) is 11.8 Å². The molecule has 1 aliphatic rings. The topological polar surface area (TPSA) is 3.24 Å². The van der Waals surface area contributed by atoms with Crippen LogP contribution in [0, 0.1) is 18.9 Å². The van der Waals surface area contributed by atoms with E-state index < -0.39 is 0 Å². The van der Waals surface area contributed by atoms with E-state index in [0.29, 0.717) is 0 Å². The molecule has 0 amide bonds. The molecule has 0 saturated carbocycles. The van der Waals surface area contributed by atoms with E-state index in [1.807, 2.05) is 0 Å². The van der Waals surface area contributed by atoms with Crippen molar-refractivity contribution in [3.63, 3.8) is 0 Å². The molecule has 1 nitrogen and oxygen atoms in total. The number of hydrogen-bond donors (Lipinski definition) is 0. The summed E-state index contributed by atoms with van der Waals surface area (Å²) in [6.07, 6.45) is 1.38. The first-order chi connectivity index (χ1) is 4.18. The second-order valence-corrected chi connectivity index (χ2v) is 3.48. The zero-order chi connectivity index (χ0) is 6.85. The molecule has 0 aromatic rings. The van der Waals surface area contributed by atoms with Crippen molar-refractivity contribution in [1.29, 1.82) is 0 Å². The van der Waals surface area contributed by atoms with Gasteiger partial charge in [-0.05, 0) is 18.3 Å². The van der Waals surface area contributed by atoms with E-state index in [2.05, 4.69) is 25.8 Å². The number of hydrogen-bond acceptors (Lipinski definition) is 1. The Labute approximate surface area is 58.0 Å². The lowest BCUT2D eigenvalue weighted by Gasteiger charge is -2.31. The van der Waals surface area contributed by atoms with Crippen molar-refractivity contribution in [3.8, 4) is 0 Å². The monoisotopic (exact) mass is 126 g/mol. The van der Waals surface area contributed by atoms with Gasteiger partial charge in [-0.25, -0.2) is 0 Å². The van der Waals surface area contributed by atoms with Crippen molar-refractivity contribution in [3.05, 3.63) is 7.05 Å². The van der Waals surface area contributed by atoms with Crippen LogP contribution in [0.1, 0.15) is 20.3 Å². The van der Waals surface area contributed by atoms with E-state index in [9.17, 15) is 0 Å². The molecule has 1 rings (SSSR count). The quantitative estimate of drug-likeness (QED) is 0.478. The predicted molar refractivity (Wildman–Crippen MR) is 39.9 cm³/mol. The molecule has 0 aromatic heterocycles. The van der Waals surface area contributed by atoms with Crippen molar-refractivity contribution in [1.82, 2.24) is 4.90 Å². The van der Waals surface area contributed by atoms with Crippen molar-refractivity contribution in [2.45, 2.75) is 20.3 Å². The first kappa shape index (κ1) is 7.07. The van der Waals surface area contributed by atoms with Gasteiger partial charge in [0.05, 0.1) is 0 Å². The van der Waals surface area contributed by atoms with Crippen LogP contribution in [0.4, 0.5) is 0 Å². The summed E-state index contributed by atoms with van der Waals surface area (Å²) in [7, 11) is 3.93. The van der Waals surface area contributed by atoms with Crippen LogP contribution >= 0.6 is 0 Å². The molecule has 0 spiro atoms. The molecule has 1 aliphatic heterocycles. The van der Waals surface area contributed by atoms with Crippen LogP contribution in [0.3, 0.4) is 0 Å². The maximum Gasteiger partial charge on any atom is 0.0110 e. The first-order valence-electron chi connectivity index (χ1n) is 3.74. The van der Waals surface area contributed by atoms with Gasteiger partial charge in [0.1, 0.15) is 0 Å². The van der Waals surface area contributed by atoms with Crippen molar-refractivity contribution >= 4 is 0 Å². The summed E-state index contributed by atoms with van der Waals surface area (Å²) in [5.41, 5.74) is 0. The highest BCUT2D eigenvalue weighted by Crippen LogP contribution is 2.19. The Bertz CT molecular complexity index is 65.5. The summed E-state index contributed by atoms with van der Waals surface area (Å²) in [5, 5.41) is 0. The molecule has 1 fully saturated rings. The van der Waals surface area contributed by atoms with Crippen LogP contribution in [0.5, 0.6) is 0 Å². The van der Waals surface area contributed by atoms with Gasteiger partial charge in [0.2, 0.25) is 0 Å². The van der Waals surface area contributed by atoms with Gasteiger partial charge in [0, 0.05) is 20.1 Å². The van der Waals surface area contributed by atoms with Crippen LogP contribution in [-0.4, -0.2) is 18.0 Å². The van der Waals surface area contributed by atoms with Gasteiger partial charge in [-0.15, -0.1) is 0 Å². The fourth-order valence-electron chi connectivity index (χ4n) is 1.79. The number of piperidine rings is 1. The van der Waals surface area contributed by atoms with E-state index in [0.717, 1.165) is 11.8 Å². The van der Waals surface area contributed by atoms with Crippen LogP contribution in [0.2, 0.25) is 0 Å². The Hall–Kier alpha value is -0.0400. The zero-order valence-electron chi connectivity index (χ0n) is 6.43. The maximum absolute atomic E-state index is 3.93. The highest BCUT2D eigenvalue weighted by molar-refractivity contribution is 4.73. The zero-order valence-corrected chi connectivity index (χ0v) is 6.43. The number of likely N-dealkylation sites (tertiary alicyclic amines) is 1. The molecule has 53 valence electrons. The summed E-state index contributed by atoms with van der Waals surface area (Å²) < 4.78 is 0. The third-order valence-electron chi connectivity index (χ3n) is 1.94. The normalized spacial score (nSPS) is 39.0. The average molecular weight is 126 g/mol. The van der Waals surface area contributed by atoms with Crippen LogP contribution < -0.4 is 0 Å². The molecule has 0 aliphatic carbocycles. The van der Waals surface area contributed by atoms with Crippen LogP contribution in [-0.2, 0) is 0 Å². The molecular formula is C8H16N. The SMILES string of the molecule is [CH2]N1CC(C)CC(C)C1. The molecule has 1 heteroatoms. The minimum atomic E-state index is 0.853. The van der Waals surface area contributed by atoms with Gasteiger partial charge in [-0.1, -0.05) is 13.8 Å². The molecule has 1 radical (unpaired) electrons. The summed E-state index contributed by atoms with van der Waals surface area (Å²) in [6.45, 7) is 6.97. The van der Waals surface area contributed by atoms with Crippen molar-refractivity contribution < 1.29 is 0 Å². The fourth-order valence-corrected chi connectivity index (χ4v) is 1.79. The second kappa shape index (κ2) is 2.70. The minimum Gasteiger partial charge on any atom is -0.302 e. The van der Waals surface area contributed by atoms with Gasteiger partial charge in [0.25, 0.3) is 0 Å². The Balaban J connectivity index is 2.34. The number of nitrogens with zero attached hydrogens (tertiary/aromatic N) is 1. The molecule has 1 saturated heterocycles. The van der Waals surface area contributed by atoms with Gasteiger partial charge in [-0.3, -0.25) is 0 Å². The Morgan fingerprint density at radius 1 is 1.22 bits per heavy atom. The molecule has 2 unspecified atom stereocenters. The van der Waals surface area contributed by atoms with Gasteiger partial charge in [-0.2, -0.15) is 0 Å². The molecule has 0 N–H and O–H groups in total. The predicted octanol–water partition coefficient (Wildman–Crippen LogP) is 1.76. The number of rotatable bonds is 0. The summed E-state index contributed by atoms with van der Waals surface area (Å²) in [6, 6.07) is 0.